The molecule has 0 fully saturated rings. The molecule has 0 aromatic carbocycles. The van der Waals surface area contributed by atoms with Crippen LogP contribution in [0.3, 0.4) is 0 Å². The number of carbonyl (C=O) groups excluding carboxylic acids is 1. The van der Waals surface area contributed by atoms with Crippen molar-refractivity contribution in [1.82, 2.24) is 9.88 Å². The molecule has 88 valence electrons. The lowest BCUT2D eigenvalue weighted by molar-refractivity contribution is -0.140. The van der Waals surface area contributed by atoms with Crippen LogP contribution in [0.4, 0.5) is 0 Å². The highest BCUT2D eigenvalue weighted by molar-refractivity contribution is 7.09. The number of hydrogen-bond donors (Lipinski definition) is 1. The van der Waals surface area contributed by atoms with Crippen LogP contribution in [-0.4, -0.2) is 33.9 Å². The van der Waals surface area contributed by atoms with Gasteiger partial charge in [-0.25, -0.2) is 4.98 Å². The van der Waals surface area contributed by atoms with Gasteiger partial charge in [-0.1, -0.05) is 0 Å². The third-order valence-corrected chi connectivity index (χ3v) is 2.87. The Morgan fingerprint density at radius 1 is 1.50 bits per heavy atom. The predicted octanol–water partition coefficient (Wildman–Crippen LogP) is 1.27. The first-order valence-corrected chi connectivity index (χ1v) is 5.73. The number of carboxylic acids is 1. The third kappa shape index (κ3) is 3.98. The summed E-state index contributed by atoms with van der Waals surface area (Å²) in [5, 5.41) is 11.3. The van der Waals surface area contributed by atoms with E-state index in [4.69, 9.17) is 5.11 Å². The van der Waals surface area contributed by atoms with Gasteiger partial charge in [0, 0.05) is 18.8 Å². The summed E-state index contributed by atoms with van der Waals surface area (Å²) < 4.78 is 0. The van der Waals surface area contributed by atoms with Gasteiger partial charge in [0.1, 0.15) is 0 Å². The van der Waals surface area contributed by atoms with Gasteiger partial charge in [0.05, 0.1) is 23.7 Å². The first-order chi connectivity index (χ1) is 7.49. The minimum absolute atomic E-state index is 0.0367. The molecule has 0 saturated heterocycles. The van der Waals surface area contributed by atoms with Crippen LogP contribution < -0.4 is 0 Å². The van der Waals surface area contributed by atoms with Gasteiger partial charge >= 0.3 is 5.97 Å². The van der Waals surface area contributed by atoms with Gasteiger partial charge in [0.2, 0.25) is 5.91 Å². The summed E-state index contributed by atoms with van der Waals surface area (Å²) in [6, 6.07) is 0. The van der Waals surface area contributed by atoms with Gasteiger partial charge in [0.15, 0.2) is 0 Å². The Balaban J connectivity index is 2.42. The van der Waals surface area contributed by atoms with Gasteiger partial charge in [0.25, 0.3) is 0 Å². The van der Waals surface area contributed by atoms with Crippen molar-refractivity contribution in [3.63, 3.8) is 0 Å². The van der Waals surface area contributed by atoms with Gasteiger partial charge in [-0.05, 0) is 6.92 Å². The van der Waals surface area contributed by atoms with E-state index in [2.05, 4.69) is 4.98 Å². The van der Waals surface area contributed by atoms with Crippen molar-refractivity contribution in [3.8, 4) is 0 Å². The number of thiazole rings is 1. The molecule has 0 radical (unpaired) electrons. The van der Waals surface area contributed by atoms with Gasteiger partial charge in [-0.3, -0.25) is 9.59 Å². The summed E-state index contributed by atoms with van der Waals surface area (Å²) in [5.41, 5.74) is 0.841. The maximum atomic E-state index is 11.5. The Kier molecular flexibility index (Phi) is 4.42. The SMILES string of the molecule is Cc1nc(CN(C)C(=O)CCC(=O)O)cs1. The average Bonchev–Trinajstić information content (AvgIpc) is 2.60. The van der Waals surface area contributed by atoms with Crippen LogP contribution in [0, 0.1) is 6.92 Å². The zero-order valence-electron chi connectivity index (χ0n) is 9.27. The highest BCUT2D eigenvalue weighted by atomic mass is 32.1. The summed E-state index contributed by atoms with van der Waals surface area (Å²) in [6.07, 6.45) is -0.0891. The summed E-state index contributed by atoms with van der Waals surface area (Å²) in [7, 11) is 1.65. The molecule has 0 aliphatic rings. The Morgan fingerprint density at radius 3 is 2.69 bits per heavy atom. The van der Waals surface area contributed by atoms with Crippen molar-refractivity contribution < 1.29 is 14.7 Å². The van der Waals surface area contributed by atoms with E-state index in [1.54, 1.807) is 7.05 Å². The van der Waals surface area contributed by atoms with E-state index < -0.39 is 5.97 Å². The largest absolute Gasteiger partial charge is 0.481 e. The Hall–Kier alpha value is -1.43. The summed E-state index contributed by atoms with van der Waals surface area (Å²) in [4.78, 5) is 27.5. The van der Waals surface area contributed by atoms with Crippen molar-refractivity contribution in [3.05, 3.63) is 16.1 Å². The van der Waals surface area contributed by atoms with E-state index >= 15 is 0 Å². The van der Waals surface area contributed by atoms with Crippen molar-refractivity contribution in [2.45, 2.75) is 26.3 Å². The second-order valence-electron chi connectivity index (χ2n) is 3.50. The number of nitrogens with zero attached hydrogens (tertiary/aromatic N) is 2. The second-order valence-corrected chi connectivity index (χ2v) is 4.56. The molecule has 5 nitrogen and oxygen atoms in total. The first kappa shape index (κ1) is 12.6. The van der Waals surface area contributed by atoms with Crippen LogP contribution in [0.5, 0.6) is 0 Å². The van der Waals surface area contributed by atoms with E-state index in [1.807, 2.05) is 12.3 Å². The van der Waals surface area contributed by atoms with Gasteiger partial charge in [-0.2, -0.15) is 0 Å². The molecule has 16 heavy (non-hydrogen) atoms. The molecule has 6 heteroatoms. The monoisotopic (exact) mass is 242 g/mol. The average molecular weight is 242 g/mol. The third-order valence-electron chi connectivity index (χ3n) is 2.04. The molecule has 1 amide bonds. The molecule has 0 aliphatic carbocycles. The van der Waals surface area contributed by atoms with Crippen LogP contribution in [0.25, 0.3) is 0 Å². The van der Waals surface area contributed by atoms with Crippen molar-refractivity contribution >= 4 is 23.2 Å². The lowest BCUT2D eigenvalue weighted by Crippen LogP contribution is -2.26. The lowest BCUT2D eigenvalue weighted by Gasteiger charge is -2.15. The topological polar surface area (TPSA) is 70.5 Å². The fourth-order valence-electron chi connectivity index (χ4n) is 1.22. The van der Waals surface area contributed by atoms with E-state index in [1.165, 1.54) is 16.2 Å². The van der Waals surface area contributed by atoms with Crippen LogP contribution in [0.1, 0.15) is 23.5 Å². The molecule has 0 aliphatic heterocycles. The molecule has 0 saturated carbocycles. The number of amides is 1. The van der Waals surface area contributed by atoms with Crippen molar-refractivity contribution in [2.75, 3.05) is 7.05 Å². The number of hydrogen-bond acceptors (Lipinski definition) is 4. The predicted molar refractivity (Wildman–Crippen MR) is 60.2 cm³/mol. The molecule has 1 heterocycles. The van der Waals surface area contributed by atoms with E-state index in [-0.39, 0.29) is 18.7 Å². The maximum absolute atomic E-state index is 11.5. The minimum Gasteiger partial charge on any atom is -0.481 e. The molecule has 0 atom stereocenters. The van der Waals surface area contributed by atoms with Crippen molar-refractivity contribution in [1.29, 1.82) is 0 Å². The second kappa shape index (κ2) is 5.60. The Bertz CT molecular complexity index is 389. The lowest BCUT2D eigenvalue weighted by atomic mass is 10.3. The van der Waals surface area contributed by atoms with Crippen LogP contribution >= 0.6 is 11.3 Å². The fourth-order valence-corrected chi connectivity index (χ4v) is 1.82. The number of carboxylic acid groups (broad SMARTS) is 1. The number of aryl methyl sites for hydroxylation is 1. The summed E-state index contributed by atoms with van der Waals surface area (Å²) >= 11 is 1.53. The van der Waals surface area contributed by atoms with Crippen LogP contribution in [0.2, 0.25) is 0 Å². The molecule has 1 aromatic rings. The zero-order chi connectivity index (χ0) is 12.1. The number of carbonyl (C=O) groups is 2. The normalized spacial score (nSPS) is 10.1. The van der Waals surface area contributed by atoms with E-state index in [0.717, 1.165) is 10.7 Å². The van der Waals surface area contributed by atoms with Crippen LogP contribution in [-0.2, 0) is 16.1 Å². The molecule has 1 aromatic heterocycles. The molecule has 0 unspecified atom stereocenters. The van der Waals surface area contributed by atoms with Gasteiger partial charge < -0.3 is 10.0 Å². The Labute approximate surface area is 97.7 Å². The molecule has 1 N–H and O–H groups in total. The quantitative estimate of drug-likeness (QED) is 0.844. The van der Waals surface area contributed by atoms with Crippen LogP contribution in [0.15, 0.2) is 5.38 Å². The zero-order valence-corrected chi connectivity index (χ0v) is 10.1. The van der Waals surface area contributed by atoms with Crippen molar-refractivity contribution in [2.24, 2.45) is 0 Å². The Morgan fingerprint density at radius 2 is 2.19 bits per heavy atom. The molecule has 1 rings (SSSR count). The number of aromatic nitrogens is 1. The minimum atomic E-state index is -0.953. The van der Waals surface area contributed by atoms with E-state index in [0.29, 0.717) is 6.54 Å². The summed E-state index contributed by atoms with van der Waals surface area (Å²) in [5.74, 6) is -1.13. The van der Waals surface area contributed by atoms with Gasteiger partial charge in [-0.15, -0.1) is 11.3 Å². The summed E-state index contributed by atoms with van der Waals surface area (Å²) in [6.45, 7) is 2.34. The molecule has 0 bridgehead atoms. The number of rotatable bonds is 5. The fraction of sp³-hybridized carbons (Fsp3) is 0.500. The first-order valence-electron chi connectivity index (χ1n) is 4.86. The smallest absolute Gasteiger partial charge is 0.303 e. The highest BCUT2D eigenvalue weighted by Crippen LogP contribution is 2.10. The standard InChI is InChI=1S/C10H14N2O3S/c1-7-11-8(6-16-7)5-12(2)9(13)3-4-10(14)15/h6H,3-5H2,1-2H3,(H,14,15). The molecular weight excluding hydrogens is 228 g/mol. The van der Waals surface area contributed by atoms with E-state index in [9.17, 15) is 9.59 Å². The molecule has 0 spiro atoms. The molecular formula is C10H14N2O3S. The number of aliphatic carboxylic acids is 1. The highest BCUT2D eigenvalue weighted by Gasteiger charge is 2.12. The maximum Gasteiger partial charge on any atom is 0.303 e.